The molecule has 6 heteroatoms. The number of piperidine rings is 1. The number of hydrogen-bond acceptors (Lipinski definition) is 3. The van der Waals surface area contributed by atoms with Gasteiger partial charge in [0.1, 0.15) is 0 Å². The molecule has 0 aliphatic carbocycles. The molecule has 1 aliphatic rings. The van der Waals surface area contributed by atoms with E-state index in [4.69, 9.17) is 23.2 Å². The van der Waals surface area contributed by atoms with Gasteiger partial charge in [-0.05, 0) is 43.0 Å². The molecule has 2 aromatic rings. The zero-order chi connectivity index (χ0) is 17.1. The van der Waals surface area contributed by atoms with E-state index in [2.05, 4.69) is 22.1 Å². The van der Waals surface area contributed by atoms with Crippen LogP contribution in [0.15, 0.2) is 36.7 Å². The van der Waals surface area contributed by atoms with Gasteiger partial charge >= 0.3 is 0 Å². The lowest BCUT2D eigenvalue weighted by atomic mass is 10.00. The highest BCUT2D eigenvalue weighted by Gasteiger charge is 2.18. The Balaban J connectivity index is 1.76. The summed E-state index contributed by atoms with van der Waals surface area (Å²) in [7, 11) is 0. The summed E-state index contributed by atoms with van der Waals surface area (Å²) in [5.41, 5.74) is 2.06. The van der Waals surface area contributed by atoms with E-state index in [1.807, 2.05) is 12.3 Å². The largest absolute Gasteiger partial charge is 0.370 e. The van der Waals surface area contributed by atoms with Crippen LogP contribution in [-0.4, -0.2) is 24.0 Å². The average molecular weight is 364 g/mol. The molecule has 4 nitrogen and oxygen atoms in total. The number of hydrogen-bond donors (Lipinski definition) is 1. The summed E-state index contributed by atoms with van der Waals surface area (Å²) in [5.74, 6) is 0.428. The number of rotatable bonds is 3. The third-order valence-electron chi connectivity index (χ3n) is 4.13. The van der Waals surface area contributed by atoms with Crippen molar-refractivity contribution in [3.8, 4) is 0 Å². The molecule has 1 aliphatic heterocycles. The SMILES string of the molecule is CC1CCCN(c2cncc(C(=O)Nc3cc(Cl)cc(Cl)c3)c2)C1. The number of nitrogens with one attached hydrogen (secondary N) is 1. The predicted octanol–water partition coefficient (Wildman–Crippen LogP) is 4.88. The van der Waals surface area contributed by atoms with Gasteiger partial charge in [-0.3, -0.25) is 9.78 Å². The monoisotopic (exact) mass is 363 g/mol. The summed E-state index contributed by atoms with van der Waals surface area (Å²) in [5, 5.41) is 3.77. The molecule has 1 aromatic carbocycles. The highest BCUT2D eigenvalue weighted by atomic mass is 35.5. The lowest BCUT2D eigenvalue weighted by molar-refractivity contribution is 0.102. The minimum Gasteiger partial charge on any atom is -0.370 e. The number of halogens is 2. The van der Waals surface area contributed by atoms with Crippen molar-refractivity contribution < 1.29 is 4.79 Å². The van der Waals surface area contributed by atoms with Crippen molar-refractivity contribution in [1.29, 1.82) is 0 Å². The van der Waals surface area contributed by atoms with E-state index in [1.165, 1.54) is 12.8 Å². The number of anilines is 2. The second kappa shape index (κ2) is 7.41. The molecule has 1 amide bonds. The van der Waals surface area contributed by atoms with E-state index in [0.29, 0.717) is 27.2 Å². The second-order valence-corrected chi connectivity index (χ2v) is 7.11. The van der Waals surface area contributed by atoms with Crippen molar-refractivity contribution in [2.75, 3.05) is 23.3 Å². The third-order valence-corrected chi connectivity index (χ3v) is 4.57. The summed E-state index contributed by atoms with van der Waals surface area (Å²) in [6, 6.07) is 6.83. The van der Waals surface area contributed by atoms with Gasteiger partial charge in [-0.25, -0.2) is 0 Å². The first-order valence-electron chi connectivity index (χ1n) is 7.99. The van der Waals surface area contributed by atoms with Crippen LogP contribution in [-0.2, 0) is 0 Å². The normalized spacial score (nSPS) is 17.6. The van der Waals surface area contributed by atoms with E-state index in [0.717, 1.165) is 18.8 Å². The highest BCUT2D eigenvalue weighted by Crippen LogP contribution is 2.25. The fourth-order valence-electron chi connectivity index (χ4n) is 2.98. The summed E-state index contributed by atoms with van der Waals surface area (Å²) < 4.78 is 0. The molecular formula is C18H19Cl2N3O. The van der Waals surface area contributed by atoms with Crippen LogP contribution in [0.25, 0.3) is 0 Å². The minimum absolute atomic E-state index is 0.229. The Kier molecular flexibility index (Phi) is 5.27. The minimum atomic E-state index is -0.229. The Morgan fingerprint density at radius 3 is 2.67 bits per heavy atom. The fraction of sp³-hybridized carbons (Fsp3) is 0.333. The zero-order valence-electron chi connectivity index (χ0n) is 13.4. The number of pyridine rings is 1. The zero-order valence-corrected chi connectivity index (χ0v) is 14.9. The summed E-state index contributed by atoms with van der Waals surface area (Å²) in [6.07, 6.45) is 5.79. The summed E-state index contributed by atoms with van der Waals surface area (Å²) in [6.45, 7) is 4.25. The van der Waals surface area contributed by atoms with Crippen molar-refractivity contribution >= 4 is 40.5 Å². The maximum Gasteiger partial charge on any atom is 0.257 e. The van der Waals surface area contributed by atoms with Crippen molar-refractivity contribution in [3.05, 3.63) is 52.3 Å². The molecule has 1 atom stereocenters. The lowest BCUT2D eigenvalue weighted by Gasteiger charge is -2.32. The quantitative estimate of drug-likeness (QED) is 0.845. The molecule has 126 valence electrons. The maximum atomic E-state index is 12.5. The molecule has 0 saturated carbocycles. The van der Waals surface area contributed by atoms with E-state index in [-0.39, 0.29) is 5.91 Å². The van der Waals surface area contributed by atoms with E-state index < -0.39 is 0 Å². The Bertz CT molecular complexity index is 731. The van der Waals surface area contributed by atoms with Gasteiger partial charge in [0.25, 0.3) is 5.91 Å². The van der Waals surface area contributed by atoms with Crippen LogP contribution in [0.1, 0.15) is 30.1 Å². The molecule has 0 bridgehead atoms. The Morgan fingerprint density at radius 1 is 1.21 bits per heavy atom. The molecule has 1 unspecified atom stereocenters. The van der Waals surface area contributed by atoms with E-state index >= 15 is 0 Å². The van der Waals surface area contributed by atoms with Crippen LogP contribution >= 0.6 is 23.2 Å². The lowest BCUT2D eigenvalue weighted by Crippen LogP contribution is -2.34. The van der Waals surface area contributed by atoms with E-state index in [9.17, 15) is 4.79 Å². The van der Waals surface area contributed by atoms with Crippen molar-refractivity contribution in [3.63, 3.8) is 0 Å². The molecule has 2 heterocycles. The number of aromatic nitrogens is 1. The molecule has 24 heavy (non-hydrogen) atoms. The van der Waals surface area contributed by atoms with E-state index in [1.54, 1.807) is 24.4 Å². The van der Waals surface area contributed by atoms with Gasteiger partial charge in [-0.1, -0.05) is 30.1 Å². The third kappa shape index (κ3) is 4.19. The first-order valence-corrected chi connectivity index (χ1v) is 8.74. The van der Waals surface area contributed by atoms with Gasteiger partial charge in [0.2, 0.25) is 0 Å². The van der Waals surface area contributed by atoms with Crippen molar-refractivity contribution in [2.45, 2.75) is 19.8 Å². The molecule has 3 rings (SSSR count). The Hall–Kier alpha value is -1.78. The van der Waals surface area contributed by atoms with Gasteiger partial charge in [0, 0.05) is 35.0 Å². The number of amides is 1. The molecule has 0 radical (unpaired) electrons. The molecule has 0 spiro atoms. The summed E-state index contributed by atoms with van der Waals surface area (Å²) >= 11 is 11.9. The standard InChI is InChI=1S/C18H19Cl2N3O/c1-12-3-2-4-23(11-12)17-5-13(9-21-10-17)18(24)22-16-7-14(19)6-15(20)8-16/h5-10,12H,2-4,11H2,1H3,(H,22,24). The average Bonchev–Trinajstić information content (AvgIpc) is 2.54. The van der Waals surface area contributed by atoms with Crippen LogP contribution in [0.2, 0.25) is 10.0 Å². The van der Waals surface area contributed by atoms with Crippen molar-refractivity contribution in [1.82, 2.24) is 4.98 Å². The first-order chi connectivity index (χ1) is 11.5. The number of nitrogens with zero attached hydrogens (tertiary/aromatic N) is 2. The van der Waals surface area contributed by atoms with Gasteiger partial charge < -0.3 is 10.2 Å². The molecule has 1 N–H and O–H groups in total. The van der Waals surface area contributed by atoms with Gasteiger partial charge in [0.05, 0.1) is 17.4 Å². The van der Waals surface area contributed by atoms with Crippen LogP contribution < -0.4 is 10.2 Å². The van der Waals surface area contributed by atoms with Gasteiger partial charge in [0.15, 0.2) is 0 Å². The second-order valence-electron chi connectivity index (χ2n) is 6.24. The highest BCUT2D eigenvalue weighted by molar-refractivity contribution is 6.35. The van der Waals surface area contributed by atoms with Crippen LogP contribution in [0.4, 0.5) is 11.4 Å². The molecule has 1 fully saturated rings. The molecular weight excluding hydrogens is 345 g/mol. The van der Waals surface area contributed by atoms with Gasteiger partial charge in [-0.15, -0.1) is 0 Å². The molecule has 1 saturated heterocycles. The topological polar surface area (TPSA) is 45.2 Å². The smallest absolute Gasteiger partial charge is 0.257 e. The maximum absolute atomic E-state index is 12.5. The number of benzene rings is 1. The van der Waals surface area contributed by atoms with Crippen LogP contribution in [0, 0.1) is 5.92 Å². The fourth-order valence-corrected chi connectivity index (χ4v) is 3.50. The Labute approximate surface area is 151 Å². The molecule has 1 aromatic heterocycles. The predicted molar refractivity (Wildman–Crippen MR) is 99.3 cm³/mol. The Morgan fingerprint density at radius 2 is 1.96 bits per heavy atom. The first kappa shape index (κ1) is 17.1. The number of carbonyl (C=O) groups excluding carboxylic acids is 1. The van der Waals surface area contributed by atoms with Gasteiger partial charge in [-0.2, -0.15) is 0 Å². The van der Waals surface area contributed by atoms with Crippen molar-refractivity contribution in [2.24, 2.45) is 5.92 Å². The van der Waals surface area contributed by atoms with Crippen LogP contribution in [0.3, 0.4) is 0 Å². The van der Waals surface area contributed by atoms with Crippen LogP contribution in [0.5, 0.6) is 0 Å². The number of carbonyl (C=O) groups is 1. The summed E-state index contributed by atoms with van der Waals surface area (Å²) in [4.78, 5) is 19.0.